The summed E-state index contributed by atoms with van der Waals surface area (Å²) >= 11 is 1.33. The summed E-state index contributed by atoms with van der Waals surface area (Å²) in [5.41, 5.74) is 2.08. The molecule has 0 bridgehead atoms. The summed E-state index contributed by atoms with van der Waals surface area (Å²) in [5.74, 6) is 0.809. The molecule has 0 saturated carbocycles. The fourth-order valence-corrected chi connectivity index (χ4v) is 2.94. The molecule has 0 atom stereocenters. The third kappa shape index (κ3) is 4.18. The van der Waals surface area contributed by atoms with Gasteiger partial charge in [-0.2, -0.15) is 5.26 Å². The highest BCUT2D eigenvalue weighted by Crippen LogP contribution is 2.26. The van der Waals surface area contributed by atoms with Gasteiger partial charge in [-0.3, -0.25) is 10.1 Å². The maximum atomic E-state index is 12.0. The topological polar surface area (TPSA) is 84.2 Å². The standard InChI is InChI=1S/C19H15N3O3S/c1-24-15-8-6-13(7-9-15)16-12-26-19(21-16)22-18(23)11-25-17-5-3-2-4-14(17)10-20/h2-9,12H,11H2,1H3,(H,21,22,23). The van der Waals surface area contributed by atoms with Gasteiger partial charge in [0.05, 0.1) is 18.4 Å². The Morgan fingerprint density at radius 3 is 2.73 bits per heavy atom. The summed E-state index contributed by atoms with van der Waals surface area (Å²) in [4.78, 5) is 16.4. The van der Waals surface area contributed by atoms with Crippen LogP contribution in [0.25, 0.3) is 11.3 Å². The van der Waals surface area contributed by atoms with Gasteiger partial charge >= 0.3 is 0 Å². The number of nitriles is 1. The van der Waals surface area contributed by atoms with Crippen LogP contribution in [0.1, 0.15) is 5.56 Å². The highest BCUT2D eigenvalue weighted by molar-refractivity contribution is 7.14. The van der Waals surface area contributed by atoms with E-state index in [-0.39, 0.29) is 12.5 Å². The van der Waals surface area contributed by atoms with E-state index in [9.17, 15) is 4.79 Å². The summed E-state index contributed by atoms with van der Waals surface area (Å²) in [6.07, 6.45) is 0. The van der Waals surface area contributed by atoms with Crippen molar-refractivity contribution in [3.05, 3.63) is 59.5 Å². The van der Waals surface area contributed by atoms with Gasteiger partial charge < -0.3 is 9.47 Å². The molecule has 7 heteroatoms. The first-order chi connectivity index (χ1) is 12.7. The van der Waals surface area contributed by atoms with E-state index in [1.54, 1.807) is 31.4 Å². The zero-order valence-electron chi connectivity index (χ0n) is 13.9. The lowest BCUT2D eigenvalue weighted by Crippen LogP contribution is -2.20. The van der Waals surface area contributed by atoms with Gasteiger partial charge in [-0.05, 0) is 36.4 Å². The SMILES string of the molecule is COc1ccc(-c2csc(NC(=O)COc3ccccc3C#N)n2)cc1. The molecular weight excluding hydrogens is 350 g/mol. The number of methoxy groups -OCH3 is 1. The Balaban J connectivity index is 1.60. The summed E-state index contributed by atoms with van der Waals surface area (Å²) < 4.78 is 10.5. The number of carbonyl (C=O) groups is 1. The smallest absolute Gasteiger partial charge is 0.264 e. The largest absolute Gasteiger partial charge is 0.497 e. The minimum atomic E-state index is -0.339. The van der Waals surface area contributed by atoms with Crippen LogP contribution >= 0.6 is 11.3 Å². The van der Waals surface area contributed by atoms with Crippen LogP contribution in [0.15, 0.2) is 53.9 Å². The summed E-state index contributed by atoms with van der Waals surface area (Å²) in [6.45, 7) is -0.198. The van der Waals surface area contributed by atoms with Gasteiger partial charge in [-0.15, -0.1) is 11.3 Å². The molecule has 130 valence electrons. The normalized spacial score (nSPS) is 10.0. The van der Waals surface area contributed by atoms with E-state index in [0.717, 1.165) is 17.0 Å². The fraction of sp³-hybridized carbons (Fsp3) is 0.105. The third-order valence-corrected chi connectivity index (χ3v) is 4.26. The number of para-hydroxylation sites is 1. The summed E-state index contributed by atoms with van der Waals surface area (Å²) in [5, 5.41) is 14.1. The first kappa shape index (κ1) is 17.5. The molecule has 1 aromatic heterocycles. The van der Waals surface area contributed by atoms with Gasteiger partial charge in [-0.1, -0.05) is 12.1 Å². The summed E-state index contributed by atoms with van der Waals surface area (Å²) in [6, 6.07) is 16.3. The molecule has 1 N–H and O–H groups in total. The van der Waals surface area contributed by atoms with Crippen LogP contribution in [0, 0.1) is 11.3 Å². The molecule has 0 unspecified atom stereocenters. The van der Waals surface area contributed by atoms with Crippen molar-refractivity contribution in [3.8, 4) is 28.8 Å². The Labute approximate surface area is 154 Å². The van der Waals surface area contributed by atoms with Crippen molar-refractivity contribution in [2.45, 2.75) is 0 Å². The number of rotatable bonds is 6. The van der Waals surface area contributed by atoms with Crippen molar-refractivity contribution < 1.29 is 14.3 Å². The molecule has 0 aliphatic rings. The lowest BCUT2D eigenvalue weighted by Gasteiger charge is -2.06. The highest BCUT2D eigenvalue weighted by atomic mass is 32.1. The number of nitrogens with one attached hydrogen (secondary N) is 1. The first-order valence-corrected chi connectivity index (χ1v) is 8.59. The van der Waals surface area contributed by atoms with Gasteiger partial charge in [0.1, 0.15) is 17.6 Å². The highest BCUT2D eigenvalue weighted by Gasteiger charge is 2.10. The van der Waals surface area contributed by atoms with E-state index in [2.05, 4.69) is 10.3 Å². The van der Waals surface area contributed by atoms with Crippen molar-refractivity contribution >= 4 is 22.4 Å². The van der Waals surface area contributed by atoms with Crippen molar-refractivity contribution in [2.24, 2.45) is 0 Å². The minimum absolute atomic E-state index is 0.198. The lowest BCUT2D eigenvalue weighted by molar-refractivity contribution is -0.118. The second-order valence-corrected chi connectivity index (χ2v) is 6.07. The third-order valence-electron chi connectivity index (χ3n) is 3.50. The van der Waals surface area contributed by atoms with Crippen LogP contribution in [-0.2, 0) is 4.79 Å². The predicted octanol–water partition coefficient (Wildman–Crippen LogP) is 3.71. The second-order valence-electron chi connectivity index (χ2n) is 5.21. The Hall–Kier alpha value is -3.37. The number of hydrogen-bond acceptors (Lipinski definition) is 6. The van der Waals surface area contributed by atoms with Crippen LogP contribution in [0.5, 0.6) is 11.5 Å². The molecule has 26 heavy (non-hydrogen) atoms. The number of ether oxygens (including phenoxy) is 2. The van der Waals surface area contributed by atoms with Crippen molar-refractivity contribution in [2.75, 3.05) is 19.0 Å². The molecule has 0 spiro atoms. The molecular formula is C19H15N3O3S. The van der Waals surface area contributed by atoms with Crippen LogP contribution in [-0.4, -0.2) is 24.6 Å². The number of benzene rings is 2. The average Bonchev–Trinajstić information content (AvgIpc) is 3.15. The van der Waals surface area contributed by atoms with Crippen LogP contribution in [0.4, 0.5) is 5.13 Å². The molecule has 6 nitrogen and oxygen atoms in total. The second kappa shape index (κ2) is 8.14. The van der Waals surface area contributed by atoms with Gasteiger partial charge in [0.2, 0.25) is 0 Å². The Morgan fingerprint density at radius 2 is 2.00 bits per heavy atom. The molecule has 0 aliphatic carbocycles. The van der Waals surface area contributed by atoms with E-state index in [0.29, 0.717) is 16.4 Å². The molecule has 1 amide bonds. The Morgan fingerprint density at radius 1 is 1.23 bits per heavy atom. The van der Waals surface area contributed by atoms with E-state index in [4.69, 9.17) is 14.7 Å². The van der Waals surface area contributed by atoms with Gasteiger partial charge in [0.15, 0.2) is 11.7 Å². The van der Waals surface area contributed by atoms with Crippen LogP contribution < -0.4 is 14.8 Å². The zero-order chi connectivity index (χ0) is 18.4. The molecule has 0 saturated heterocycles. The number of thiazole rings is 1. The number of anilines is 1. The maximum Gasteiger partial charge on any atom is 0.264 e. The molecule has 1 heterocycles. The molecule has 2 aromatic carbocycles. The molecule has 0 fully saturated rings. The van der Waals surface area contributed by atoms with Crippen LogP contribution in [0.3, 0.4) is 0 Å². The molecule has 0 radical (unpaired) electrons. The fourth-order valence-electron chi connectivity index (χ4n) is 2.21. The maximum absolute atomic E-state index is 12.0. The van der Waals surface area contributed by atoms with Gasteiger partial charge in [0, 0.05) is 10.9 Å². The molecule has 0 aliphatic heterocycles. The Bertz CT molecular complexity index is 945. The van der Waals surface area contributed by atoms with Crippen molar-refractivity contribution in [1.82, 2.24) is 4.98 Å². The van der Waals surface area contributed by atoms with E-state index in [1.807, 2.05) is 35.7 Å². The van der Waals surface area contributed by atoms with E-state index in [1.165, 1.54) is 11.3 Å². The number of nitrogens with zero attached hydrogens (tertiary/aromatic N) is 2. The number of amides is 1. The predicted molar refractivity (Wildman–Crippen MR) is 99.4 cm³/mol. The quantitative estimate of drug-likeness (QED) is 0.720. The van der Waals surface area contributed by atoms with Gasteiger partial charge in [-0.25, -0.2) is 4.98 Å². The minimum Gasteiger partial charge on any atom is -0.497 e. The molecule has 3 aromatic rings. The van der Waals surface area contributed by atoms with Crippen LogP contribution in [0.2, 0.25) is 0 Å². The zero-order valence-corrected chi connectivity index (χ0v) is 14.7. The first-order valence-electron chi connectivity index (χ1n) is 7.71. The lowest BCUT2D eigenvalue weighted by atomic mass is 10.2. The van der Waals surface area contributed by atoms with Crippen molar-refractivity contribution in [1.29, 1.82) is 5.26 Å². The number of carbonyl (C=O) groups excluding carboxylic acids is 1. The monoisotopic (exact) mass is 365 g/mol. The van der Waals surface area contributed by atoms with Gasteiger partial charge in [0.25, 0.3) is 5.91 Å². The van der Waals surface area contributed by atoms with Crippen molar-refractivity contribution in [3.63, 3.8) is 0 Å². The average molecular weight is 365 g/mol. The molecule has 3 rings (SSSR count). The number of hydrogen-bond donors (Lipinski definition) is 1. The van der Waals surface area contributed by atoms with E-state index < -0.39 is 0 Å². The Kier molecular flexibility index (Phi) is 5.46. The van der Waals surface area contributed by atoms with E-state index >= 15 is 0 Å². The summed E-state index contributed by atoms with van der Waals surface area (Å²) in [7, 11) is 1.61. The number of aromatic nitrogens is 1.